The number of benzene rings is 1. The second-order valence-corrected chi connectivity index (χ2v) is 5.92. The van der Waals surface area contributed by atoms with Crippen LogP contribution in [0.4, 0.5) is 5.69 Å². The molecule has 0 aliphatic carbocycles. The van der Waals surface area contributed by atoms with Crippen LogP contribution in [0.25, 0.3) is 0 Å². The molecule has 1 amide bonds. The molecule has 0 saturated carbocycles. The highest BCUT2D eigenvalue weighted by atomic mass is 79.9. The summed E-state index contributed by atoms with van der Waals surface area (Å²) in [6.07, 6.45) is 1.90. The summed E-state index contributed by atoms with van der Waals surface area (Å²) in [7, 11) is 0. The predicted octanol–water partition coefficient (Wildman–Crippen LogP) is 4.30. The molecule has 0 spiro atoms. The number of nitrogens with zero attached hydrogens (tertiary/aromatic N) is 1. The summed E-state index contributed by atoms with van der Waals surface area (Å²) in [5, 5.41) is 3.06. The molecule has 0 aliphatic rings. The lowest BCUT2D eigenvalue weighted by Crippen LogP contribution is -2.15. The number of carbonyl (C=O) groups excluding carboxylic acids is 1. The van der Waals surface area contributed by atoms with Gasteiger partial charge >= 0.3 is 0 Å². The summed E-state index contributed by atoms with van der Waals surface area (Å²) >= 11 is 9.25. The molecule has 0 fully saturated rings. The van der Waals surface area contributed by atoms with Gasteiger partial charge in [-0.3, -0.25) is 4.79 Å². The quantitative estimate of drug-likeness (QED) is 0.836. The molecule has 1 heterocycles. The monoisotopic (exact) mass is 352 g/mol. The van der Waals surface area contributed by atoms with Crippen LogP contribution in [0.3, 0.4) is 0 Å². The molecule has 1 aromatic carbocycles. The maximum absolute atomic E-state index is 12.1. The molecule has 20 heavy (non-hydrogen) atoms. The SMILES string of the molecule is Cc1ccc(C)c(CC(=O)Nc2cc(Br)cnc2Cl)c1. The highest BCUT2D eigenvalue weighted by Crippen LogP contribution is 2.23. The van der Waals surface area contributed by atoms with E-state index in [4.69, 9.17) is 11.6 Å². The minimum absolute atomic E-state index is 0.111. The molecule has 0 bridgehead atoms. The van der Waals surface area contributed by atoms with Crippen molar-refractivity contribution in [2.75, 3.05) is 5.32 Å². The van der Waals surface area contributed by atoms with Crippen molar-refractivity contribution in [3.8, 4) is 0 Å². The number of nitrogens with one attached hydrogen (secondary N) is 1. The number of carbonyl (C=O) groups is 1. The fourth-order valence-electron chi connectivity index (χ4n) is 1.87. The molecule has 2 aromatic rings. The summed E-state index contributed by atoms with van der Waals surface area (Å²) < 4.78 is 0.768. The van der Waals surface area contributed by atoms with Gasteiger partial charge in [0.1, 0.15) is 0 Å². The highest BCUT2D eigenvalue weighted by molar-refractivity contribution is 9.10. The third kappa shape index (κ3) is 3.81. The lowest BCUT2D eigenvalue weighted by atomic mass is 10.0. The largest absolute Gasteiger partial charge is 0.323 e. The normalized spacial score (nSPS) is 10.4. The molecule has 2 rings (SSSR count). The topological polar surface area (TPSA) is 42.0 Å². The van der Waals surface area contributed by atoms with Crippen LogP contribution >= 0.6 is 27.5 Å². The van der Waals surface area contributed by atoms with Gasteiger partial charge in [-0.05, 0) is 47.0 Å². The van der Waals surface area contributed by atoms with Crippen LogP contribution in [0.2, 0.25) is 5.15 Å². The van der Waals surface area contributed by atoms with Crippen molar-refractivity contribution < 1.29 is 4.79 Å². The summed E-state index contributed by atoms with van der Waals surface area (Å²) in [6.45, 7) is 4.01. The first-order chi connectivity index (χ1) is 9.45. The van der Waals surface area contributed by atoms with Crippen molar-refractivity contribution in [1.82, 2.24) is 4.98 Å². The first kappa shape index (κ1) is 15.0. The van der Waals surface area contributed by atoms with Crippen LogP contribution in [0.15, 0.2) is 34.9 Å². The maximum Gasteiger partial charge on any atom is 0.228 e. The third-order valence-corrected chi connectivity index (χ3v) is 3.67. The molecule has 0 radical (unpaired) electrons. The zero-order chi connectivity index (χ0) is 14.7. The van der Waals surface area contributed by atoms with Crippen LogP contribution in [0.5, 0.6) is 0 Å². The predicted molar refractivity (Wildman–Crippen MR) is 85.2 cm³/mol. The van der Waals surface area contributed by atoms with Crippen LogP contribution in [-0.4, -0.2) is 10.9 Å². The molecule has 1 aromatic heterocycles. The average molecular weight is 354 g/mol. The molecule has 0 aliphatic heterocycles. The second kappa shape index (κ2) is 6.37. The molecule has 3 nitrogen and oxygen atoms in total. The Bertz CT molecular complexity index is 603. The van der Waals surface area contributed by atoms with E-state index < -0.39 is 0 Å². The van der Waals surface area contributed by atoms with Crippen molar-refractivity contribution >= 4 is 39.1 Å². The number of pyridine rings is 1. The van der Waals surface area contributed by atoms with Crippen LogP contribution in [0, 0.1) is 13.8 Å². The first-order valence-electron chi connectivity index (χ1n) is 6.13. The van der Waals surface area contributed by atoms with Gasteiger partial charge in [0.05, 0.1) is 12.1 Å². The third-order valence-electron chi connectivity index (χ3n) is 2.94. The molecule has 5 heteroatoms. The zero-order valence-corrected chi connectivity index (χ0v) is 13.5. The minimum Gasteiger partial charge on any atom is -0.323 e. The van der Waals surface area contributed by atoms with E-state index in [1.807, 2.05) is 32.0 Å². The Morgan fingerprint density at radius 1 is 1.35 bits per heavy atom. The van der Waals surface area contributed by atoms with Crippen molar-refractivity contribution in [2.24, 2.45) is 0 Å². The van der Waals surface area contributed by atoms with E-state index in [1.165, 1.54) is 0 Å². The van der Waals surface area contributed by atoms with Gasteiger partial charge in [0.25, 0.3) is 0 Å². The van der Waals surface area contributed by atoms with Crippen molar-refractivity contribution in [3.05, 3.63) is 56.8 Å². The molecule has 1 N–H and O–H groups in total. The van der Waals surface area contributed by atoms with E-state index >= 15 is 0 Å². The number of hydrogen-bond donors (Lipinski definition) is 1. The van der Waals surface area contributed by atoms with Crippen molar-refractivity contribution in [1.29, 1.82) is 0 Å². The molecular formula is C15H14BrClN2O. The molecule has 0 saturated heterocycles. The van der Waals surface area contributed by atoms with Crippen LogP contribution < -0.4 is 5.32 Å². The average Bonchev–Trinajstić information content (AvgIpc) is 2.38. The van der Waals surface area contributed by atoms with Gasteiger partial charge in [-0.15, -0.1) is 0 Å². The number of hydrogen-bond acceptors (Lipinski definition) is 2. The van der Waals surface area contributed by atoms with Crippen molar-refractivity contribution in [3.63, 3.8) is 0 Å². The van der Waals surface area contributed by atoms with Crippen LogP contribution in [0.1, 0.15) is 16.7 Å². The molecule has 0 unspecified atom stereocenters. The summed E-state index contributed by atoms with van der Waals surface area (Å²) in [5.74, 6) is -0.111. The van der Waals surface area contributed by atoms with Gasteiger partial charge in [-0.2, -0.15) is 0 Å². The lowest BCUT2D eigenvalue weighted by molar-refractivity contribution is -0.115. The second-order valence-electron chi connectivity index (χ2n) is 4.65. The minimum atomic E-state index is -0.111. The Morgan fingerprint density at radius 2 is 2.10 bits per heavy atom. The van der Waals surface area contributed by atoms with E-state index in [9.17, 15) is 4.79 Å². The number of anilines is 1. The Labute approximate surface area is 131 Å². The van der Waals surface area contributed by atoms with E-state index in [0.717, 1.165) is 21.2 Å². The number of rotatable bonds is 3. The fraction of sp³-hybridized carbons (Fsp3) is 0.200. The number of aromatic nitrogens is 1. The van der Waals surface area contributed by atoms with E-state index in [0.29, 0.717) is 12.1 Å². The summed E-state index contributed by atoms with van der Waals surface area (Å²) in [5.41, 5.74) is 3.77. The summed E-state index contributed by atoms with van der Waals surface area (Å²) in [6, 6.07) is 7.81. The van der Waals surface area contributed by atoms with Gasteiger partial charge < -0.3 is 5.32 Å². The molecule has 0 atom stereocenters. The highest BCUT2D eigenvalue weighted by Gasteiger charge is 2.10. The fourth-order valence-corrected chi connectivity index (χ4v) is 2.35. The van der Waals surface area contributed by atoms with E-state index in [-0.39, 0.29) is 11.1 Å². The van der Waals surface area contributed by atoms with Gasteiger partial charge in [-0.25, -0.2) is 4.98 Å². The zero-order valence-electron chi connectivity index (χ0n) is 11.2. The van der Waals surface area contributed by atoms with Gasteiger partial charge in [0.15, 0.2) is 5.15 Å². The Hall–Kier alpha value is -1.39. The smallest absolute Gasteiger partial charge is 0.228 e. The molecule has 104 valence electrons. The van der Waals surface area contributed by atoms with Gasteiger partial charge in [0, 0.05) is 10.7 Å². The lowest BCUT2D eigenvalue weighted by Gasteiger charge is -2.09. The van der Waals surface area contributed by atoms with E-state index in [2.05, 4.69) is 26.2 Å². The Kier molecular flexibility index (Phi) is 4.78. The van der Waals surface area contributed by atoms with Crippen molar-refractivity contribution in [2.45, 2.75) is 20.3 Å². The van der Waals surface area contributed by atoms with Gasteiger partial charge in [0.2, 0.25) is 5.91 Å². The van der Waals surface area contributed by atoms with Crippen LogP contribution in [-0.2, 0) is 11.2 Å². The van der Waals surface area contributed by atoms with Gasteiger partial charge in [-0.1, -0.05) is 35.4 Å². The number of aryl methyl sites for hydroxylation is 2. The summed E-state index contributed by atoms with van der Waals surface area (Å²) in [4.78, 5) is 16.1. The maximum atomic E-state index is 12.1. The number of halogens is 2. The Balaban J connectivity index is 2.13. The first-order valence-corrected chi connectivity index (χ1v) is 7.30. The van der Waals surface area contributed by atoms with E-state index in [1.54, 1.807) is 12.3 Å². The molecular weight excluding hydrogens is 340 g/mol. The standard InChI is InChI=1S/C15H14BrClN2O/c1-9-3-4-10(2)11(5-9)6-14(20)19-13-7-12(16)8-18-15(13)17/h3-5,7-8H,6H2,1-2H3,(H,19,20). The number of amides is 1. The Morgan fingerprint density at radius 3 is 2.85 bits per heavy atom.